The van der Waals surface area contributed by atoms with Gasteiger partial charge in [-0.1, -0.05) is 236 Å². The van der Waals surface area contributed by atoms with Gasteiger partial charge >= 0.3 is 23.9 Å². The molecule has 0 spiro atoms. The van der Waals surface area contributed by atoms with Crippen molar-refractivity contribution in [3.05, 3.63) is 60.8 Å². The summed E-state index contributed by atoms with van der Waals surface area (Å²) in [6, 6.07) is 0. The number of allylic oxidation sites excluding steroid dienone is 10. The van der Waals surface area contributed by atoms with Crippen LogP contribution in [-0.2, 0) is 42.9 Å². The van der Waals surface area contributed by atoms with Crippen molar-refractivity contribution in [3.63, 3.8) is 0 Å². The molecule has 1 aliphatic heterocycles. The highest BCUT2D eigenvalue weighted by Gasteiger charge is 2.50. The monoisotopic (exact) mass is 1080 g/mol. The SMILES string of the molecule is CC/C=C\C/C=C\C/C=C\C/C=C\CCCCCCC(=O)OC1C(OCC(COC(=O)CCCCCCCCCCC/C=C\CCCCCCCC)OC(=O)CCCCCCCCCCCCC)OC(C(=O)O)C(O)C1O. The Balaban J connectivity index is 2.64. The summed E-state index contributed by atoms with van der Waals surface area (Å²) >= 11 is 0. The fraction of sp³-hybridized carbons (Fsp3) is 0.785. The molecule has 0 saturated carbocycles. The van der Waals surface area contributed by atoms with E-state index in [4.69, 9.17) is 23.7 Å². The second-order valence-corrected chi connectivity index (χ2v) is 21.3. The van der Waals surface area contributed by atoms with E-state index >= 15 is 0 Å². The van der Waals surface area contributed by atoms with Gasteiger partial charge in [-0.15, -0.1) is 0 Å². The number of aliphatic hydroxyl groups excluding tert-OH is 2. The summed E-state index contributed by atoms with van der Waals surface area (Å²) in [5.41, 5.74) is 0. The molecule has 444 valence electrons. The van der Waals surface area contributed by atoms with Gasteiger partial charge in [0.2, 0.25) is 0 Å². The molecule has 1 saturated heterocycles. The van der Waals surface area contributed by atoms with E-state index in [0.29, 0.717) is 19.3 Å². The van der Waals surface area contributed by atoms with Crippen LogP contribution >= 0.6 is 0 Å². The van der Waals surface area contributed by atoms with Gasteiger partial charge in [0.1, 0.15) is 18.8 Å². The minimum atomic E-state index is -1.91. The number of hydrogen-bond acceptors (Lipinski definition) is 11. The minimum absolute atomic E-state index is 0.0330. The van der Waals surface area contributed by atoms with E-state index in [1.165, 1.54) is 128 Å². The third-order valence-electron chi connectivity index (χ3n) is 14.1. The summed E-state index contributed by atoms with van der Waals surface area (Å²) in [6.07, 6.45) is 53.3. The molecule has 12 nitrogen and oxygen atoms in total. The number of aliphatic carboxylic acids is 1. The number of carboxylic acids is 1. The molecule has 3 N–H and O–H groups in total. The molecule has 6 unspecified atom stereocenters. The lowest BCUT2D eigenvalue weighted by Gasteiger charge is -2.40. The third kappa shape index (κ3) is 43.0. The van der Waals surface area contributed by atoms with Crippen LogP contribution in [0.2, 0.25) is 0 Å². The molecule has 1 heterocycles. The predicted molar refractivity (Wildman–Crippen MR) is 312 cm³/mol. The van der Waals surface area contributed by atoms with Crippen molar-refractivity contribution in [3.8, 4) is 0 Å². The number of hydrogen-bond donors (Lipinski definition) is 3. The quantitative estimate of drug-likeness (QED) is 0.0228. The summed E-state index contributed by atoms with van der Waals surface area (Å²) in [7, 11) is 0. The first kappa shape index (κ1) is 71.4. The zero-order valence-electron chi connectivity index (χ0n) is 49.0. The number of carbonyl (C=O) groups is 4. The van der Waals surface area contributed by atoms with E-state index in [1.54, 1.807) is 0 Å². The molecular formula is C65H112O12. The Morgan fingerprint density at radius 2 is 0.818 bits per heavy atom. The van der Waals surface area contributed by atoms with Crippen LogP contribution in [0.3, 0.4) is 0 Å². The molecular weight excluding hydrogens is 973 g/mol. The van der Waals surface area contributed by atoms with Crippen molar-refractivity contribution in [1.29, 1.82) is 0 Å². The molecule has 0 aromatic heterocycles. The third-order valence-corrected chi connectivity index (χ3v) is 14.1. The van der Waals surface area contributed by atoms with Gasteiger partial charge in [0, 0.05) is 19.3 Å². The minimum Gasteiger partial charge on any atom is -0.479 e. The molecule has 1 aliphatic rings. The van der Waals surface area contributed by atoms with Crippen molar-refractivity contribution in [2.45, 2.75) is 314 Å². The van der Waals surface area contributed by atoms with Gasteiger partial charge in [-0.3, -0.25) is 14.4 Å². The first-order valence-corrected chi connectivity index (χ1v) is 31.3. The Labute approximate surface area is 468 Å². The van der Waals surface area contributed by atoms with Crippen LogP contribution in [-0.4, -0.2) is 89.2 Å². The number of ether oxygens (including phenoxy) is 5. The molecule has 0 aliphatic carbocycles. The summed E-state index contributed by atoms with van der Waals surface area (Å²) in [5.74, 6) is -3.14. The molecule has 0 amide bonds. The maximum absolute atomic E-state index is 13.1. The fourth-order valence-electron chi connectivity index (χ4n) is 9.30. The van der Waals surface area contributed by atoms with Crippen molar-refractivity contribution >= 4 is 23.9 Å². The largest absolute Gasteiger partial charge is 0.479 e. The van der Waals surface area contributed by atoms with Gasteiger partial charge in [0.05, 0.1) is 6.61 Å². The van der Waals surface area contributed by atoms with Crippen LogP contribution < -0.4 is 0 Å². The average molecular weight is 1090 g/mol. The van der Waals surface area contributed by atoms with Crippen molar-refractivity contribution in [1.82, 2.24) is 0 Å². The molecule has 77 heavy (non-hydrogen) atoms. The fourth-order valence-corrected chi connectivity index (χ4v) is 9.30. The van der Waals surface area contributed by atoms with Crippen LogP contribution in [0, 0.1) is 0 Å². The molecule has 12 heteroatoms. The van der Waals surface area contributed by atoms with E-state index in [1.807, 2.05) is 0 Å². The number of aliphatic hydroxyl groups is 2. The number of unbranched alkanes of at least 4 members (excludes halogenated alkanes) is 29. The second-order valence-electron chi connectivity index (χ2n) is 21.3. The standard InChI is InChI=1S/C65H112O12/c1-4-7-10-13-16-19-22-24-26-28-29-31-32-34-37-39-42-45-48-51-57(66)73-54-56(75-58(67)52-49-46-43-40-36-21-18-15-12-9-6-3)55-74-65-63(61(70)60(69)62(77-65)64(71)72)76-59(68)53-50-47-44-41-38-35-33-30-27-25-23-20-17-14-11-8-5-2/h8,11,17,20,24-27,33,35,56,60-63,65,69-70H,4-7,9-10,12-16,18-19,21-23,28-32,34,36-55H2,1-3H3,(H,71,72)/b11-8-,20-17-,26-24-,27-25-,35-33-. The zero-order valence-corrected chi connectivity index (χ0v) is 49.0. The first-order chi connectivity index (χ1) is 37.6. The van der Waals surface area contributed by atoms with E-state index < -0.39 is 67.3 Å². The Hall–Kier alpha value is -3.58. The van der Waals surface area contributed by atoms with E-state index in [0.717, 1.165) is 89.9 Å². The summed E-state index contributed by atoms with van der Waals surface area (Å²) in [6.45, 7) is 5.88. The Morgan fingerprint density at radius 1 is 0.442 bits per heavy atom. The van der Waals surface area contributed by atoms with Crippen LogP contribution in [0.25, 0.3) is 0 Å². The summed E-state index contributed by atoms with van der Waals surface area (Å²) in [5, 5.41) is 31.5. The van der Waals surface area contributed by atoms with Gasteiger partial charge in [0.25, 0.3) is 0 Å². The highest BCUT2D eigenvalue weighted by molar-refractivity contribution is 5.74. The van der Waals surface area contributed by atoms with Crippen molar-refractivity contribution in [2.75, 3.05) is 13.2 Å². The number of carboxylic acid groups (broad SMARTS) is 1. The first-order valence-electron chi connectivity index (χ1n) is 31.3. The van der Waals surface area contributed by atoms with Crippen molar-refractivity contribution < 1.29 is 58.2 Å². The van der Waals surface area contributed by atoms with E-state index in [9.17, 15) is 34.5 Å². The smallest absolute Gasteiger partial charge is 0.335 e. The number of esters is 3. The van der Waals surface area contributed by atoms with Gasteiger partial charge in [0.15, 0.2) is 24.6 Å². The summed E-state index contributed by atoms with van der Waals surface area (Å²) in [4.78, 5) is 51.2. The normalized spacial score (nSPS) is 18.4. The number of rotatable bonds is 53. The summed E-state index contributed by atoms with van der Waals surface area (Å²) < 4.78 is 28.4. The number of carbonyl (C=O) groups excluding carboxylic acids is 3. The van der Waals surface area contributed by atoms with Gasteiger partial charge in [-0.2, -0.15) is 0 Å². The highest BCUT2D eigenvalue weighted by atomic mass is 16.7. The maximum atomic E-state index is 13.1. The average Bonchev–Trinajstić information content (AvgIpc) is 3.42. The van der Waals surface area contributed by atoms with Crippen LogP contribution in [0.4, 0.5) is 0 Å². The van der Waals surface area contributed by atoms with Crippen LogP contribution in [0.1, 0.15) is 278 Å². The Kier molecular flexibility index (Phi) is 49.2. The molecule has 0 aromatic rings. The Bertz CT molecular complexity index is 1570. The Morgan fingerprint density at radius 3 is 1.26 bits per heavy atom. The predicted octanol–water partition coefficient (Wildman–Crippen LogP) is 16.3. The zero-order chi connectivity index (χ0) is 56.1. The van der Waals surface area contributed by atoms with E-state index in [-0.39, 0.29) is 25.9 Å². The van der Waals surface area contributed by atoms with Gasteiger partial charge in [-0.05, 0) is 83.5 Å². The topological polar surface area (TPSA) is 175 Å². The second kappa shape index (κ2) is 53.1. The van der Waals surface area contributed by atoms with Crippen molar-refractivity contribution in [2.24, 2.45) is 0 Å². The lowest BCUT2D eigenvalue weighted by Crippen LogP contribution is -2.61. The van der Waals surface area contributed by atoms with Gasteiger partial charge in [-0.25, -0.2) is 4.79 Å². The molecule has 1 fully saturated rings. The lowest BCUT2D eigenvalue weighted by atomic mass is 9.98. The molecule has 6 atom stereocenters. The van der Waals surface area contributed by atoms with Gasteiger partial charge < -0.3 is 39.0 Å². The molecule has 1 rings (SSSR count). The van der Waals surface area contributed by atoms with Crippen LogP contribution in [0.15, 0.2) is 60.8 Å². The van der Waals surface area contributed by atoms with E-state index in [2.05, 4.69) is 81.5 Å². The highest BCUT2D eigenvalue weighted by Crippen LogP contribution is 2.26. The molecule has 0 radical (unpaired) electrons. The lowest BCUT2D eigenvalue weighted by molar-refractivity contribution is -0.301. The molecule has 0 aromatic carbocycles. The van der Waals surface area contributed by atoms with Crippen LogP contribution in [0.5, 0.6) is 0 Å². The maximum Gasteiger partial charge on any atom is 0.335 e. The molecule has 0 bridgehead atoms.